The van der Waals surface area contributed by atoms with Gasteiger partial charge in [-0.05, 0) is 50.5 Å². The zero-order valence-electron chi connectivity index (χ0n) is 15.1. The molecule has 2 aliphatic rings. The Morgan fingerprint density at radius 3 is 2.79 bits per heavy atom. The van der Waals surface area contributed by atoms with Crippen LogP contribution in [0, 0.1) is 11.8 Å². The van der Waals surface area contributed by atoms with Crippen molar-refractivity contribution in [2.24, 2.45) is 11.8 Å². The number of hydrogen-bond donors (Lipinski definition) is 2. The SMILES string of the molecule is CCCC(C)CS(=O)(=O)N1CCCC(CNC(=O)C2CCCN2)C1. The van der Waals surface area contributed by atoms with Gasteiger partial charge in [-0.25, -0.2) is 12.7 Å². The van der Waals surface area contributed by atoms with Crippen LogP contribution in [0.15, 0.2) is 0 Å². The number of amides is 1. The third-order valence-electron chi connectivity index (χ3n) is 5.09. The van der Waals surface area contributed by atoms with Crippen molar-refractivity contribution < 1.29 is 13.2 Å². The molecule has 2 rings (SSSR count). The lowest BCUT2D eigenvalue weighted by Gasteiger charge is -2.33. The molecule has 0 radical (unpaired) electrons. The summed E-state index contributed by atoms with van der Waals surface area (Å²) in [6, 6.07) is -0.0664. The molecule has 2 N–H and O–H groups in total. The van der Waals surface area contributed by atoms with E-state index < -0.39 is 10.0 Å². The maximum absolute atomic E-state index is 12.6. The van der Waals surface area contributed by atoms with E-state index in [2.05, 4.69) is 17.6 Å². The molecule has 2 aliphatic heterocycles. The largest absolute Gasteiger partial charge is 0.354 e. The first kappa shape index (κ1) is 19.7. The van der Waals surface area contributed by atoms with Crippen LogP contribution in [0.25, 0.3) is 0 Å². The lowest BCUT2D eigenvalue weighted by atomic mass is 9.99. The smallest absolute Gasteiger partial charge is 0.237 e. The van der Waals surface area contributed by atoms with Gasteiger partial charge in [0, 0.05) is 19.6 Å². The van der Waals surface area contributed by atoms with Gasteiger partial charge in [0.2, 0.25) is 15.9 Å². The monoisotopic (exact) mass is 359 g/mol. The van der Waals surface area contributed by atoms with Crippen molar-refractivity contribution in [3.63, 3.8) is 0 Å². The molecule has 1 amide bonds. The number of carbonyl (C=O) groups excluding carboxylic acids is 1. The standard InChI is InChI=1S/C17H33N3O3S/c1-3-6-14(2)13-24(22,23)20-10-5-7-15(12-20)11-19-17(21)16-8-4-9-18-16/h14-16,18H,3-13H2,1-2H3,(H,19,21). The first-order valence-electron chi connectivity index (χ1n) is 9.41. The third-order valence-corrected chi connectivity index (χ3v) is 7.20. The Labute approximate surface area is 146 Å². The van der Waals surface area contributed by atoms with Gasteiger partial charge < -0.3 is 10.6 Å². The van der Waals surface area contributed by atoms with Gasteiger partial charge in [0.1, 0.15) is 0 Å². The minimum Gasteiger partial charge on any atom is -0.354 e. The first-order valence-corrected chi connectivity index (χ1v) is 11.0. The molecule has 3 atom stereocenters. The number of sulfonamides is 1. The van der Waals surface area contributed by atoms with Gasteiger partial charge >= 0.3 is 0 Å². The molecule has 2 heterocycles. The summed E-state index contributed by atoms with van der Waals surface area (Å²) in [5, 5.41) is 6.20. The van der Waals surface area contributed by atoms with E-state index in [0.717, 1.165) is 45.1 Å². The van der Waals surface area contributed by atoms with Gasteiger partial charge in [-0.1, -0.05) is 20.3 Å². The summed E-state index contributed by atoms with van der Waals surface area (Å²) >= 11 is 0. The summed E-state index contributed by atoms with van der Waals surface area (Å²) < 4.78 is 26.8. The minimum atomic E-state index is -3.18. The first-order chi connectivity index (χ1) is 11.4. The van der Waals surface area contributed by atoms with Crippen LogP contribution in [-0.2, 0) is 14.8 Å². The van der Waals surface area contributed by atoms with E-state index >= 15 is 0 Å². The summed E-state index contributed by atoms with van der Waals surface area (Å²) in [6.07, 6.45) is 5.76. The Balaban J connectivity index is 1.81. The van der Waals surface area contributed by atoms with Crippen molar-refractivity contribution >= 4 is 15.9 Å². The molecular weight excluding hydrogens is 326 g/mol. The average molecular weight is 360 g/mol. The average Bonchev–Trinajstić information content (AvgIpc) is 3.07. The van der Waals surface area contributed by atoms with Crippen molar-refractivity contribution in [1.29, 1.82) is 0 Å². The fourth-order valence-corrected chi connectivity index (χ4v) is 5.71. The summed E-state index contributed by atoms with van der Waals surface area (Å²) in [7, 11) is -3.18. The lowest BCUT2D eigenvalue weighted by Crippen LogP contribution is -2.47. The Morgan fingerprint density at radius 2 is 2.12 bits per heavy atom. The van der Waals surface area contributed by atoms with Crippen LogP contribution in [0.1, 0.15) is 52.4 Å². The van der Waals surface area contributed by atoms with E-state index in [1.807, 2.05) is 6.92 Å². The molecule has 6 nitrogen and oxygen atoms in total. The Morgan fingerprint density at radius 1 is 1.33 bits per heavy atom. The summed E-state index contributed by atoms with van der Waals surface area (Å²) in [4.78, 5) is 12.1. The zero-order chi connectivity index (χ0) is 17.6. The molecule has 0 bridgehead atoms. The summed E-state index contributed by atoms with van der Waals surface area (Å²) in [5.41, 5.74) is 0. The minimum absolute atomic E-state index is 0.0593. The number of piperidine rings is 1. The molecule has 24 heavy (non-hydrogen) atoms. The number of hydrogen-bond acceptors (Lipinski definition) is 4. The fourth-order valence-electron chi connectivity index (χ4n) is 3.76. The molecule has 3 unspecified atom stereocenters. The third kappa shape index (κ3) is 5.70. The normalized spacial score (nSPS) is 27.1. The van der Waals surface area contributed by atoms with Crippen LogP contribution < -0.4 is 10.6 Å². The van der Waals surface area contributed by atoms with Crippen molar-refractivity contribution in [3.05, 3.63) is 0 Å². The van der Waals surface area contributed by atoms with Crippen LogP contribution >= 0.6 is 0 Å². The predicted molar refractivity (Wildman–Crippen MR) is 96.2 cm³/mol. The number of nitrogens with one attached hydrogen (secondary N) is 2. The number of nitrogens with zero attached hydrogens (tertiary/aromatic N) is 1. The van der Waals surface area contributed by atoms with Gasteiger partial charge in [0.05, 0.1) is 11.8 Å². The van der Waals surface area contributed by atoms with Crippen molar-refractivity contribution in [1.82, 2.24) is 14.9 Å². The summed E-state index contributed by atoms with van der Waals surface area (Å²) in [5.74, 6) is 0.726. The molecule has 0 aromatic carbocycles. The van der Waals surface area contributed by atoms with Crippen LogP contribution in [-0.4, -0.2) is 56.6 Å². The maximum Gasteiger partial charge on any atom is 0.237 e. The second kappa shape index (κ2) is 9.15. The molecule has 0 spiro atoms. The van der Waals surface area contributed by atoms with Gasteiger partial charge in [0.25, 0.3) is 0 Å². The van der Waals surface area contributed by atoms with E-state index in [4.69, 9.17) is 0 Å². The van der Waals surface area contributed by atoms with E-state index in [0.29, 0.717) is 19.6 Å². The second-order valence-corrected chi connectivity index (χ2v) is 9.45. The van der Waals surface area contributed by atoms with E-state index in [9.17, 15) is 13.2 Å². The quantitative estimate of drug-likeness (QED) is 0.685. The highest BCUT2D eigenvalue weighted by molar-refractivity contribution is 7.89. The van der Waals surface area contributed by atoms with Gasteiger partial charge in [-0.3, -0.25) is 4.79 Å². The van der Waals surface area contributed by atoms with Crippen LogP contribution in [0.4, 0.5) is 0 Å². The molecule has 0 saturated carbocycles. The molecule has 2 saturated heterocycles. The lowest BCUT2D eigenvalue weighted by molar-refractivity contribution is -0.123. The molecule has 0 aromatic heterocycles. The predicted octanol–water partition coefficient (Wildman–Crippen LogP) is 1.33. The highest BCUT2D eigenvalue weighted by atomic mass is 32.2. The molecule has 0 aliphatic carbocycles. The van der Waals surface area contributed by atoms with Crippen molar-refractivity contribution in [2.75, 3.05) is 31.9 Å². The highest BCUT2D eigenvalue weighted by Crippen LogP contribution is 2.21. The summed E-state index contributed by atoms with van der Waals surface area (Å²) in [6.45, 7) is 6.74. The van der Waals surface area contributed by atoms with Crippen LogP contribution in [0.5, 0.6) is 0 Å². The Hall–Kier alpha value is -0.660. The second-order valence-electron chi connectivity index (χ2n) is 7.43. The molecule has 140 valence electrons. The van der Waals surface area contributed by atoms with Crippen molar-refractivity contribution in [3.8, 4) is 0 Å². The number of rotatable bonds is 8. The van der Waals surface area contributed by atoms with Gasteiger partial charge in [-0.15, -0.1) is 0 Å². The molecule has 0 aromatic rings. The maximum atomic E-state index is 12.6. The van der Waals surface area contributed by atoms with E-state index in [-0.39, 0.29) is 29.5 Å². The Bertz CT molecular complexity index is 503. The van der Waals surface area contributed by atoms with Crippen molar-refractivity contribution in [2.45, 2.75) is 58.4 Å². The number of carbonyl (C=O) groups is 1. The van der Waals surface area contributed by atoms with E-state index in [1.54, 1.807) is 4.31 Å². The highest BCUT2D eigenvalue weighted by Gasteiger charge is 2.30. The Kier molecular flexibility index (Phi) is 7.50. The van der Waals surface area contributed by atoms with Crippen LogP contribution in [0.2, 0.25) is 0 Å². The van der Waals surface area contributed by atoms with Gasteiger partial charge in [-0.2, -0.15) is 0 Å². The molecule has 2 fully saturated rings. The fraction of sp³-hybridized carbons (Fsp3) is 0.941. The van der Waals surface area contributed by atoms with Gasteiger partial charge in [0.15, 0.2) is 0 Å². The topological polar surface area (TPSA) is 78.5 Å². The van der Waals surface area contributed by atoms with E-state index in [1.165, 1.54) is 0 Å². The van der Waals surface area contributed by atoms with Crippen LogP contribution in [0.3, 0.4) is 0 Å². The molecular formula is C17H33N3O3S. The molecule has 7 heteroatoms. The zero-order valence-corrected chi connectivity index (χ0v) is 15.9.